The molecule has 3 nitrogen and oxygen atoms in total. The number of carbonyl (C=O) groups excluding carboxylic acids is 1. The molecule has 1 amide bonds. The van der Waals surface area contributed by atoms with Gasteiger partial charge in [0, 0.05) is 13.0 Å². The number of hydrogen-bond acceptors (Lipinski definition) is 2. The van der Waals surface area contributed by atoms with Crippen molar-refractivity contribution in [3.05, 3.63) is 29.6 Å². The highest BCUT2D eigenvalue weighted by Crippen LogP contribution is 2.15. The predicted molar refractivity (Wildman–Crippen MR) is 65.6 cm³/mol. The summed E-state index contributed by atoms with van der Waals surface area (Å²) in [5.74, 6) is -0.583. The molecule has 0 aliphatic rings. The van der Waals surface area contributed by atoms with Gasteiger partial charge in [-0.15, -0.1) is 12.4 Å². The van der Waals surface area contributed by atoms with Crippen LogP contribution in [-0.2, 0) is 4.79 Å². The van der Waals surface area contributed by atoms with E-state index in [1.807, 2.05) is 0 Å². The Balaban J connectivity index is 0.00000225. The average Bonchev–Trinajstić information content (AvgIpc) is 2.19. The van der Waals surface area contributed by atoms with Crippen molar-refractivity contribution in [1.29, 1.82) is 0 Å². The first-order valence-corrected chi connectivity index (χ1v) is 4.84. The Morgan fingerprint density at radius 3 is 2.69 bits per heavy atom. The Hall–Kier alpha value is -1.13. The van der Waals surface area contributed by atoms with Gasteiger partial charge < -0.3 is 10.6 Å². The lowest BCUT2D eigenvalue weighted by molar-refractivity contribution is -0.116. The molecule has 0 aromatic heterocycles. The van der Waals surface area contributed by atoms with E-state index in [4.69, 9.17) is 0 Å². The van der Waals surface area contributed by atoms with Crippen LogP contribution in [0, 0.1) is 12.7 Å². The van der Waals surface area contributed by atoms with E-state index in [-0.39, 0.29) is 24.0 Å². The van der Waals surface area contributed by atoms with Crippen molar-refractivity contribution in [2.75, 3.05) is 18.9 Å². The molecular formula is C11H16ClFN2O. The topological polar surface area (TPSA) is 41.1 Å². The van der Waals surface area contributed by atoms with E-state index >= 15 is 0 Å². The predicted octanol–water partition coefficient (Wildman–Crippen LogP) is 2.10. The van der Waals surface area contributed by atoms with Crippen LogP contribution in [-0.4, -0.2) is 19.5 Å². The van der Waals surface area contributed by atoms with Crippen LogP contribution >= 0.6 is 12.4 Å². The standard InChI is InChI=1S/C11H15FN2O.ClH/c1-8-3-4-10(9(12)7-8)14-11(15)5-6-13-2;/h3-4,7,13H,5-6H2,1-2H3,(H,14,15);1H. The molecule has 1 aromatic carbocycles. The van der Waals surface area contributed by atoms with Gasteiger partial charge in [-0.2, -0.15) is 0 Å². The molecule has 0 saturated carbocycles. The molecule has 0 saturated heterocycles. The fraction of sp³-hybridized carbons (Fsp3) is 0.364. The first-order chi connectivity index (χ1) is 7.13. The number of aryl methyl sites for hydroxylation is 1. The third-order valence-corrected chi connectivity index (χ3v) is 2.00. The Bertz CT molecular complexity index is 358. The summed E-state index contributed by atoms with van der Waals surface area (Å²) in [5, 5.41) is 5.37. The second-order valence-corrected chi connectivity index (χ2v) is 3.39. The number of hydrogen-bond donors (Lipinski definition) is 2. The van der Waals surface area contributed by atoms with E-state index in [1.165, 1.54) is 6.07 Å². The highest BCUT2D eigenvalue weighted by Gasteiger charge is 2.05. The molecular weight excluding hydrogens is 231 g/mol. The second-order valence-electron chi connectivity index (χ2n) is 3.39. The number of nitrogens with one attached hydrogen (secondary N) is 2. The second kappa shape index (κ2) is 7.19. The number of amides is 1. The molecule has 90 valence electrons. The van der Waals surface area contributed by atoms with E-state index in [9.17, 15) is 9.18 Å². The van der Waals surface area contributed by atoms with Crippen molar-refractivity contribution in [2.24, 2.45) is 0 Å². The molecule has 2 N–H and O–H groups in total. The highest BCUT2D eigenvalue weighted by molar-refractivity contribution is 5.90. The zero-order valence-corrected chi connectivity index (χ0v) is 10.2. The minimum atomic E-state index is -0.396. The normalized spacial score (nSPS) is 9.44. The third kappa shape index (κ3) is 4.59. The molecule has 16 heavy (non-hydrogen) atoms. The van der Waals surface area contributed by atoms with Crippen molar-refractivity contribution in [2.45, 2.75) is 13.3 Å². The van der Waals surface area contributed by atoms with Gasteiger partial charge in [-0.25, -0.2) is 4.39 Å². The van der Waals surface area contributed by atoms with Gasteiger partial charge in [0.15, 0.2) is 0 Å². The summed E-state index contributed by atoms with van der Waals surface area (Å²) in [6.07, 6.45) is 0.337. The van der Waals surface area contributed by atoms with Crippen LogP contribution in [0.25, 0.3) is 0 Å². The van der Waals surface area contributed by atoms with E-state index in [0.29, 0.717) is 13.0 Å². The largest absolute Gasteiger partial charge is 0.324 e. The molecule has 0 spiro atoms. The highest BCUT2D eigenvalue weighted by atomic mass is 35.5. The van der Waals surface area contributed by atoms with Crippen molar-refractivity contribution >= 4 is 24.0 Å². The van der Waals surface area contributed by atoms with Gasteiger partial charge in [0.25, 0.3) is 0 Å². The number of rotatable bonds is 4. The number of carbonyl (C=O) groups is 1. The van der Waals surface area contributed by atoms with Crippen LogP contribution in [0.1, 0.15) is 12.0 Å². The Morgan fingerprint density at radius 1 is 1.44 bits per heavy atom. The molecule has 1 aromatic rings. The van der Waals surface area contributed by atoms with E-state index in [0.717, 1.165) is 5.56 Å². The minimum Gasteiger partial charge on any atom is -0.324 e. The van der Waals surface area contributed by atoms with Gasteiger partial charge in [-0.05, 0) is 31.7 Å². The molecule has 0 fully saturated rings. The quantitative estimate of drug-likeness (QED) is 0.854. The van der Waals surface area contributed by atoms with Crippen molar-refractivity contribution in [3.63, 3.8) is 0 Å². The van der Waals surface area contributed by atoms with Crippen molar-refractivity contribution in [1.82, 2.24) is 5.32 Å². The first-order valence-electron chi connectivity index (χ1n) is 4.84. The van der Waals surface area contributed by atoms with E-state index in [1.54, 1.807) is 26.1 Å². The number of benzene rings is 1. The maximum atomic E-state index is 13.3. The zero-order chi connectivity index (χ0) is 11.3. The monoisotopic (exact) mass is 246 g/mol. The lowest BCUT2D eigenvalue weighted by Gasteiger charge is -2.06. The van der Waals surface area contributed by atoms with Crippen molar-refractivity contribution in [3.8, 4) is 0 Å². The molecule has 0 radical (unpaired) electrons. The van der Waals surface area contributed by atoms with Crippen LogP contribution in [0.2, 0.25) is 0 Å². The zero-order valence-electron chi connectivity index (χ0n) is 9.34. The SMILES string of the molecule is CNCCC(=O)Nc1ccc(C)cc1F.Cl. The Labute approximate surface area is 101 Å². The number of halogens is 2. The molecule has 0 aliphatic heterocycles. The van der Waals surface area contributed by atoms with Crippen LogP contribution < -0.4 is 10.6 Å². The molecule has 1 rings (SSSR count). The summed E-state index contributed by atoms with van der Waals surface area (Å²) in [7, 11) is 1.76. The Kier molecular flexibility index (Phi) is 6.69. The Morgan fingerprint density at radius 2 is 2.12 bits per heavy atom. The van der Waals surface area contributed by atoms with Gasteiger partial charge in [0.2, 0.25) is 5.91 Å². The van der Waals surface area contributed by atoms with Gasteiger partial charge in [0.1, 0.15) is 5.82 Å². The summed E-state index contributed by atoms with van der Waals surface area (Å²) in [4.78, 5) is 11.3. The van der Waals surface area contributed by atoms with E-state index < -0.39 is 5.82 Å². The molecule has 5 heteroatoms. The smallest absolute Gasteiger partial charge is 0.225 e. The minimum absolute atomic E-state index is 0. The lowest BCUT2D eigenvalue weighted by atomic mass is 10.2. The fourth-order valence-corrected chi connectivity index (χ4v) is 1.17. The number of anilines is 1. The summed E-state index contributed by atoms with van der Waals surface area (Å²) < 4.78 is 13.3. The van der Waals surface area contributed by atoms with Crippen molar-refractivity contribution < 1.29 is 9.18 Å². The summed E-state index contributed by atoms with van der Waals surface area (Å²) in [6.45, 7) is 2.38. The van der Waals surface area contributed by atoms with Crippen LogP contribution in [0.3, 0.4) is 0 Å². The fourth-order valence-electron chi connectivity index (χ4n) is 1.17. The van der Waals surface area contributed by atoms with Crippen LogP contribution in [0.15, 0.2) is 18.2 Å². The van der Waals surface area contributed by atoms with Crippen LogP contribution in [0.5, 0.6) is 0 Å². The molecule has 0 atom stereocenters. The van der Waals surface area contributed by atoms with Crippen LogP contribution in [0.4, 0.5) is 10.1 Å². The first kappa shape index (κ1) is 14.9. The van der Waals surface area contributed by atoms with Gasteiger partial charge in [-0.1, -0.05) is 6.07 Å². The van der Waals surface area contributed by atoms with E-state index in [2.05, 4.69) is 10.6 Å². The lowest BCUT2D eigenvalue weighted by Crippen LogP contribution is -2.19. The van der Waals surface area contributed by atoms with Gasteiger partial charge in [-0.3, -0.25) is 4.79 Å². The summed E-state index contributed by atoms with van der Waals surface area (Å²) >= 11 is 0. The third-order valence-electron chi connectivity index (χ3n) is 2.00. The molecule has 0 heterocycles. The van der Waals surface area contributed by atoms with Gasteiger partial charge in [0.05, 0.1) is 5.69 Å². The maximum Gasteiger partial charge on any atom is 0.225 e. The summed E-state index contributed by atoms with van der Waals surface area (Å²) in [5.41, 5.74) is 1.07. The molecule has 0 bridgehead atoms. The molecule has 0 unspecified atom stereocenters. The summed E-state index contributed by atoms with van der Waals surface area (Å²) in [6, 6.07) is 4.73. The molecule has 0 aliphatic carbocycles. The average molecular weight is 247 g/mol. The van der Waals surface area contributed by atoms with Gasteiger partial charge >= 0.3 is 0 Å². The maximum absolute atomic E-state index is 13.3.